The van der Waals surface area contributed by atoms with Crippen molar-refractivity contribution in [2.75, 3.05) is 11.9 Å². The van der Waals surface area contributed by atoms with E-state index in [1.165, 1.54) is 17.8 Å². The summed E-state index contributed by atoms with van der Waals surface area (Å²) >= 11 is 1.50. The molecule has 18 heavy (non-hydrogen) atoms. The molecular formula is C13H21N3OS. The molecule has 1 amide bonds. The van der Waals surface area contributed by atoms with Crippen molar-refractivity contribution in [1.82, 2.24) is 10.3 Å². The molecule has 1 saturated heterocycles. The Morgan fingerprint density at radius 3 is 2.94 bits per heavy atom. The van der Waals surface area contributed by atoms with E-state index in [0.29, 0.717) is 17.6 Å². The van der Waals surface area contributed by atoms with Crippen LogP contribution in [0.25, 0.3) is 0 Å². The van der Waals surface area contributed by atoms with Crippen LogP contribution in [-0.4, -0.2) is 23.5 Å². The molecule has 0 aliphatic carbocycles. The Balaban J connectivity index is 1.88. The topological polar surface area (TPSA) is 54.0 Å². The Bertz CT molecular complexity index is 416. The molecule has 0 radical (unpaired) electrons. The van der Waals surface area contributed by atoms with Gasteiger partial charge in [-0.2, -0.15) is 0 Å². The number of hydrogen-bond acceptors (Lipinski definition) is 4. The molecule has 5 heteroatoms. The molecule has 1 aromatic heterocycles. The Kier molecular flexibility index (Phi) is 4.02. The van der Waals surface area contributed by atoms with Crippen LogP contribution in [0.5, 0.6) is 0 Å². The summed E-state index contributed by atoms with van der Waals surface area (Å²) in [7, 11) is 0. The molecule has 1 atom stereocenters. The van der Waals surface area contributed by atoms with Gasteiger partial charge in [-0.25, -0.2) is 4.98 Å². The Labute approximate surface area is 112 Å². The molecule has 0 bridgehead atoms. The molecule has 1 aliphatic heterocycles. The molecule has 100 valence electrons. The van der Waals surface area contributed by atoms with Crippen LogP contribution in [0.2, 0.25) is 0 Å². The molecule has 2 rings (SSSR count). The van der Waals surface area contributed by atoms with Crippen LogP contribution in [0.15, 0.2) is 5.38 Å². The van der Waals surface area contributed by atoms with Gasteiger partial charge in [-0.05, 0) is 19.4 Å². The van der Waals surface area contributed by atoms with E-state index in [1.54, 1.807) is 0 Å². The summed E-state index contributed by atoms with van der Waals surface area (Å²) in [6.45, 7) is 7.39. The highest BCUT2D eigenvalue weighted by molar-refractivity contribution is 7.13. The van der Waals surface area contributed by atoms with E-state index in [-0.39, 0.29) is 11.3 Å². The Morgan fingerprint density at radius 2 is 2.39 bits per heavy atom. The molecule has 1 fully saturated rings. The minimum atomic E-state index is 0.0342. The lowest BCUT2D eigenvalue weighted by atomic mass is 9.93. The lowest BCUT2D eigenvalue weighted by Crippen LogP contribution is -2.27. The van der Waals surface area contributed by atoms with Crippen molar-refractivity contribution >= 4 is 22.4 Å². The van der Waals surface area contributed by atoms with Crippen LogP contribution in [-0.2, 0) is 10.2 Å². The van der Waals surface area contributed by atoms with Gasteiger partial charge in [0.25, 0.3) is 0 Å². The summed E-state index contributed by atoms with van der Waals surface area (Å²) in [5.41, 5.74) is 1.06. The second-order valence-corrected chi connectivity index (χ2v) is 6.69. The second-order valence-electron chi connectivity index (χ2n) is 5.83. The smallest absolute Gasteiger partial charge is 0.227 e. The van der Waals surface area contributed by atoms with E-state index >= 15 is 0 Å². The van der Waals surface area contributed by atoms with Gasteiger partial charge in [0.2, 0.25) is 5.91 Å². The summed E-state index contributed by atoms with van der Waals surface area (Å²) in [6.07, 6.45) is 2.81. The number of anilines is 1. The van der Waals surface area contributed by atoms with Gasteiger partial charge in [0.1, 0.15) is 0 Å². The molecule has 2 heterocycles. The average Bonchev–Trinajstić information content (AvgIpc) is 2.87. The lowest BCUT2D eigenvalue weighted by Gasteiger charge is -2.14. The van der Waals surface area contributed by atoms with Gasteiger partial charge < -0.3 is 10.6 Å². The molecule has 0 aromatic carbocycles. The standard InChI is InChI=1S/C13H21N3OS/c1-13(2,3)10-8-18-12(15-10)16-11(17)7-9-5-4-6-14-9/h8-9,14H,4-7H2,1-3H3,(H,15,16,17). The predicted octanol–water partition coefficient (Wildman–Crippen LogP) is 2.52. The first-order valence-corrected chi connectivity index (χ1v) is 7.32. The van der Waals surface area contributed by atoms with E-state index in [9.17, 15) is 4.79 Å². The number of rotatable bonds is 3. The Morgan fingerprint density at radius 1 is 1.61 bits per heavy atom. The number of hydrogen-bond donors (Lipinski definition) is 2. The number of amides is 1. The van der Waals surface area contributed by atoms with Crippen LogP contribution in [0.4, 0.5) is 5.13 Å². The molecule has 4 nitrogen and oxygen atoms in total. The first kappa shape index (κ1) is 13.5. The normalized spacial score (nSPS) is 20.1. The molecule has 0 spiro atoms. The summed E-state index contributed by atoms with van der Waals surface area (Å²) in [6, 6.07) is 0.340. The third kappa shape index (κ3) is 3.53. The van der Waals surface area contributed by atoms with Crippen LogP contribution in [0, 0.1) is 0 Å². The fourth-order valence-corrected chi connectivity index (χ4v) is 2.95. The molecule has 1 aliphatic rings. The predicted molar refractivity (Wildman–Crippen MR) is 75.1 cm³/mol. The minimum Gasteiger partial charge on any atom is -0.313 e. The highest BCUT2D eigenvalue weighted by Gasteiger charge is 2.20. The maximum atomic E-state index is 11.8. The SMILES string of the molecule is CC(C)(C)c1csc(NC(=O)CC2CCCN2)n1. The zero-order valence-electron chi connectivity index (χ0n) is 11.2. The van der Waals surface area contributed by atoms with Crippen LogP contribution >= 0.6 is 11.3 Å². The van der Waals surface area contributed by atoms with Gasteiger partial charge in [-0.15, -0.1) is 11.3 Å². The zero-order chi connectivity index (χ0) is 13.2. The molecule has 2 N–H and O–H groups in total. The van der Waals surface area contributed by atoms with Crippen LogP contribution in [0.1, 0.15) is 45.7 Å². The van der Waals surface area contributed by atoms with Crippen LogP contribution < -0.4 is 10.6 Å². The van der Waals surface area contributed by atoms with Crippen LogP contribution in [0.3, 0.4) is 0 Å². The highest BCUT2D eigenvalue weighted by Crippen LogP contribution is 2.26. The number of carbonyl (C=O) groups excluding carboxylic acids is 1. The summed E-state index contributed by atoms with van der Waals surface area (Å²) in [5, 5.41) is 8.94. The lowest BCUT2D eigenvalue weighted by molar-refractivity contribution is -0.116. The quantitative estimate of drug-likeness (QED) is 0.885. The molecule has 1 aromatic rings. The van der Waals surface area contributed by atoms with E-state index in [4.69, 9.17) is 0 Å². The van der Waals surface area contributed by atoms with Gasteiger partial charge in [0.15, 0.2) is 5.13 Å². The summed E-state index contributed by atoms with van der Waals surface area (Å²) in [4.78, 5) is 16.3. The third-order valence-electron chi connectivity index (χ3n) is 3.11. The number of aromatic nitrogens is 1. The number of carbonyl (C=O) groups is 1. The fraction of sp³-hybridized carbons (Fsp3) is 0.692. The average molecular weight is 267 g/mol. The summed E-state index contributed by atoms with van der Waals surface area (Å²) < 4.78 is 0. The maximum absolute atomic E-state index is 11.8. The largest absolute Gasteiger partial charge is 0.313 e. The highest BCUT2D eigenvalue weighted by atomic mass is 32.1. The fourth-order valence-electron chi connectivity index (χ4n) is 2.00. The summed E-state index contributed by atoms with van der Waals surface area (Å²) in [5.74, 6) is 0.0595. The molecule has 0 saturated carbocycles. The maximum Gasteiger partial charge on any atom is 0.227 e. The van der Waals surface area contributed by atoms with E-state index < -0.39 is 0 Å². The first-order valence-electron chi connectivity index (χ1n) is 6.44. The first-order chi connectivity index (χ1) is 8.45. The number of thiazole rings is 1. The van der Waals surface area contributed by atoms with Gasteiger partial charge in [0, 0.05) is 23.3 Å². The van der Waals surface area contributed by atoms with Crippen molar-refractivity contribution in [3.05, 3.63) is 11.1 Å². The minimum absolute atomic E-state index is 0.0342. The van der Waals surface area contributed by atoms with Crippen molar-refractivity contribution in [3.8, 4) is 0 Å². The van der Waals surface area contributed by atoms with Gasteiger partial charge in [-0.1, -0.05) is 20.8 Å². The van der Waals surface area contributed by atoms with E-state index in [0.717, 1.165) is 18.7 Å². The van der Waals surface area contributed by atoms with Crippen molar-refractivity contribution < 1.29 is 4.79 Å². The van der Waals surface area contributed by atoms with Crippen molar-refractivity contribution in [2.24, 2.45) is 0 Å². The van der Waals surface area contributed by atoms with E-state index in [1.807, 2.05) is 5.38 Å². The monoisotopic (exact) mass is 267 g/mol. The third-order valence-corrected chi connectivity index (χ3v) is 3.87. The molecular weight excluding hydrogens is 246 g/mol. The van der Waals surface area contributed by atoms with Gasteiger partial charge in [0.05, 0.1) is 5.69 Å². The second kappa shape index (κ2) is 5.36. The van der Waals surface area contributed by atoms with Crippen molar-refractivity contribution in [2.45, 2.75) is 51.5 Å². The zero-order valence-corrected chi connectivity index (χ0v) is 12.1. The van der Waals surface area contributed by atoms with Gasteiger partial charge in [-0.3, -0.25) is 4.79 Å². The number of nitrogens with one attached hydrogen (secondary N) is 2. The van der Waals surface area contributed by atoms with E-state index in [2.05, 4.69) is 36.4 Å². The van der Waals surface area contributed by atoms with Crippen molar-refractivity contribution in [3.63, 3.8) is 0 Å². The Hall–Kier alpha value is -0.940. The number of nitrogens with zero attached hydrogens (tertiary/aromatic N) is 1. The molecule has 1 unspecified atom stereocenters. The van der Waals surface area contributed by atoms with Gasteiger partial charge >= 0.3 is 0 Å². The van der Waals surface area contributed by atoms with Crippen molar-refractivity contribution in [1.29, 1.82) is 0 Å².